The summed E-state index contributed by atoms with van der Waals surface area (Å²) in [6.45, 7) is -0.729. The Morgan fingerprint density at radius 3 is 1.44 bits per heavy atom. The van der Waals surface area contributed by atoms with E-state index in [1.54, 1.807) is 0 Å². The van der Waals surface area contributed by atoms with Gasteiger partial charge in [-0.15, -0.1) is 0 Å². The monoisotopic (exact) mass is 190 g/mol. The zero-order valence-electron chi connectivity index (χ0n) is 4.71. The van der Waals surface area contributed by atoms with E-state index in [1.807, 2.05) is 0 Å². The van der Waals surface area contributed by atoms with Gasteiger partial charge in [-0.05, 0) is 0 Å². The van der Waals surface area contributed by atoms with Gasteiger partial charge in [0.05, 0.1) is 13.2 Å². The van der Waals surface area contributed by atoms with E-state index in [4.69, 9.17) is 19.1 Å². The fourth-order valence-corrected chi connectivity index (χ4v) is 0.0577. The van der Waals surface area contributed by atoms with Gasteiger partial charge in [-0.3, -0.25) is 0 Å². The van der Waals surface area contributed by atoms with E-state index in [1.165, 1.54) is 0 Å². The van der Waals surface area contributed by atoms with Gasteiger partial charge in [0, 0.05) is 0 Å². The van der Waals surface area contributed by atoms with Crippen LogP contribution in [0.25, 0.3) is 0 Å². The SMILES string of the molecule is OCC(O)CO.[Cl][K].[NaH]. The third-order valence-corrected chi connectivity index (χ3v) is 0.421. The Labute approximate surface area is 112 Å². The topological polar surface area (TPSA) is 60.7 Å². The molecule has 0 atom stereocenters. The first-order chi connectivity index (χ1) is 3.81. The van der Waals surface area contributed by atoms with E-state index in [9.17, 15) is 0 Å². The fourth-order valence-electron chi connectivity index (χ4n) is 0.0577. The van der Waals surface area contributed by atoms with Crippen LogP contribution < -0.4 is 0 Å². The van der Waals surface area contributed by atoms with E-state index < -0.39 is 6.10 Å². The van der Waals surface area contributed by atoms with Crippen LogP contribution in [-0.2, 0) is 0 Å². The molecule has 0 amide bonds. The van der Waals surface area contributed by atoms with Crippen molar-refractivity contribution >= 4 is 80.5 Å². The Hall–Kier alpha value is 2.81. The van der Waals surface area contributed by atoms with Crippen LogP contribution in [0.2, 0.25) is 0 Å². The van der Waals surface area contributed by atoms with Crippen LogP contribution in [-0.4, -0.2) is 111 Å². The number of hydrogen-bond acceptors (Lipinski definition) is 3. The van der Waals surface area contributed by atoms with Gasteiger partial charge in [-0.1, -0.05) is 0 Å². The van der Waals surface area contributed by atoms with Gasteiger partial charge in [-0.25, -0.2) is 0 Å². The van der Waals surface area contributed by atoms with Gasteiger partial charge < -0.3 is 15.3 Å². The molecule has 3 N–H and O–H groups in total. The molecule has 0 aliphatic rings. The second kappa shape index (κ2) is 17.1. The first-order valence-corrected chi connectivity index (χ1v) is 6.38. The number of rotatable bonds is 2. The molecular weight excluding hydrogens is 182 g/mol. The van der Waals surface area contributed by atoms with Crippen molar-refractivity contribution in [2.24, 2.45) is 0 Å². The van der Waals surface area contributed by atoms with E-state index >= 15 is 0 Å². The number of aliphatic hydroxyl groups excluding tert-OH is 3. The molecule has 0 aliphatic carbocycles. The molecule has 0 fully saturated rings. The molecule has 0 aromatic carbocycles. The van der Waals surface area contributed by atoms with Crippen LogP contribution in [0.4, 0.5) is 0 Å². The standard InChI is InChI=1S/C3H8O3.ClH.K.Na.H/c4-1-3(6)2-5;;;;/h3-6H,1-2H2;1H;;;/q;;+1;;/p-1. The van der Waals surface area contributed by atoms with Crippen LogP contribution >= 0.6 is 3.76 Å². The van der Waals surface area contributed by atoms with Crippen LogP contribution in [0.15, 0.2) is 0 Å². The average Bonchev–Trinajstić information content (AvgIpc) is 1.91. The first kappa shape index (κ1) is 17.8. The minimum absolute atomic E-state index is 0. The molecule has 0 saturated carbocycles. The Bertz CT molecular complexity index is 38.2. The van der Waals surface area contributed by atoms with E-state index in [0.29, 0.717) is 47.1 Å². The summed E-state index contributed by atoms with van der Waals surface area (Å²) in [4.78, 5) is 0. The number of aliphatic hydroxyl groups is 3. The van der Waals surface area contributed by atoms with Gasteiger partial charge in [0.2, 0.25) is 0 Å². The summed E-state index contributed by atoms with van der Waals surface area (Å²) >= 11 is 0.535. The predicted molar refractivity (Wildman–Crippen MR) is 38.9 cm³/mol. The van der Waals surface area contributed by atoms with Crippen LogP contribution in [0.5, 0.6) is 0 Å². The normalized spacial score (nSPS) is 7.44. The van der Waals surface area contributed by atoms with Gasteiger partial charge in [0.25, 0.3) is 0 Å². The summed E-state index contributed by atoms with van der Waals surface area (Å²) in [5.41, 5.74) is 0. The summed E-state index contributed by atoms with van der Waals surface area (Å²) < 4.78 is 4.83. The summed E-state index contributed by atoms with van der Waals surface area (Å²) in [5.74, 6) is 0. The van der Waals surface area contributed by atoms with Gasteiger partial charge >= 0.3 is 80.5 Å². The molecule has 9 heavy (non-hydrogen) atoms. The number of halogens is 1. The molecule has 48 valence electrons. The van der Waals surface area contributed by atoms with Crippen LogP contribution in [0, 0.1) is 0 Å². The van der Waals surface area contributed by atoms with Crippen molar-refractivity contribution in [3.05, 3.63) is 0 Å². The van der Waals surface area contributed by atoms with E-state index in [2.05, 4.69) is 0 Å². The van der Waals surface area contributed by atoms with Crippen molar-refractivity contribution in [3.63, 3.8) is 0 Å². The molecule has 0 heterocycles. The average molecular weight is 191 g/mol. The minimum atomic E-state index is -0.954. The Balaban J connectivity index is -0.000000109. The van der Waals surface area contributed by atoms with Gasteiger partial charge in [0.1, 0.15) is 6.10 Å². The van der Waals surface area contributed by atoms with Crippen molar-refractivity contribution in [1.82, 2.24) is 0 Å². The summed E-state index contributed by atoms with van der Waals surface area (Å²) in [6, 6.07) is 0. The summed E-state index contributed by atoms with van der Waals surface area (Å²) in [6.07, 6.45) is -0.954. The Morgan fingerprint density at radius 1 is 1.22 bits per heavy atom. The van der Waals surface area contributed by atoms with Gasteiger partial charge in [-0.2, -0.15) is 0 Å². The molecule has 0 aliphatic heterocycles. The van der Waals surface area contributed by atoms with E-state index in [-0.39, 0.29) is 42.8 Å². The molecule has 0 aromatic heterocycles. The quantitative estimate of drug-likeness (QED) is 0.441. The molecule has 0 spiro atoms. The molecule has 0 aromatic rings. The van der Waals surface area contributed by atoms with E-state index in [0.717, 1.165) is 0 Å². The predicted octanol–water partition coefficient (Wildman–Crippen LogP) is -2.01. The summed E-state index contributed by atoms with van der Waals surface area (Å²) in [7, 11) is 0. The van der Waals surface area contributed by atoms with Crippen molar-refractivity contribution in [2.45, 2.75) is 6.10 Å². The fraction of sp³-hybridized carbons (Fsp3) is 1.00. The zero-order chi connectivity index (χ0) is 6.99. The zero-order valence-corrected chi connectivity index (χ0v) is 8.59. The summed E-state index contributed by atoms with van der Waals surface area (Å²) in [5, 5.41) is 24.0. The molecule has 6 heteroatoms. The second-order valence-corrected chi connectivity index (χ2v) is 1.02. The third-order valence-electron chi connectivity index (χ3n) is 0.421. The Kier molecular flexibility index (Phi) is 33.7. The van der Waals surface area contributed by atoms with Crippen molar-refractivity contribution in [3.8, 4) is 0 Å². The first-order valence-electron chi connectivity index (χ1n) is 2.09. The number of hydrogen-bond donors (Lipinski definition) is 3. The maximum atomic E-state index is 8.17. The molecule has 0 radical (unpaired) electrons. The maximum absolute atomic E-state index is 8.17. The van der Waals surface area contributed by atoms with Gasteiger partial charge in [0.15, 0.2) is 0 Å². The Morgan fingerprint density at radius 2 is 1.44 bits per heavy atom. The van der Waals surface area contributed by atoms with Crippen molar-refractivity contribution in [1.29, 1.82) is 0 Å². The molecule has 0 bridgehead atoms. The van der Waals surface area contributed by atoms with Crippen LogP contribution in [0.3, 0.4) is 0 Å². The molecule has 0 rings (SSSR count). The molecule has 3 nitrogen and oxygen atoms in total. The molecular formula is C3H9ClKNaO3. The van der Waals surface area contributed by atoms with Crippen molar-refractivity contribution in [2.75, 3.05) is 13.2 Å². The molecule has 0 unspecified atom stereocenters. The molecule has 0 saturated heterocycles. The van der Waals surface area contributed by atoms with Crippen LogP contribution in [0.1, 0.15) is 0 Å². The van der Waals surface area contributed by atoms with Crippen molar-refractivity contribution < 1.29 is 15.3 Å². The second-order valence-electron chi connectivity index (χ2n) is 1.02. The third kappa shape index (κ3) is 18.1.